The van der Waals surface area contributed by atoms with E-state index in [0.717, 1.165) is 44.9 Å². The number of carbonyl (C=O) groups is 2. The molecule has 188 valence electrons. The second-order valence-electron chi connectivity index (χ2n) is 9.86. The normalized spacial score (nSPS) is 16.1. The maximum atomic E-state index is 12.3. The van der Waals surface area contributed by atoms with E-state index in [0.29, 0.717) is 10.9 Å². The molecule has 32 heavy (non-hydrogen) atoms. The fraction of sp³-hybridized carbons (Fsp3) is 0.840. The van der Waals surface area contributed by atoms with Crippen LogP contribution in [0.2, 0.25) is 0 Å². The summed E-state index contributed by atoms with van der Waals surface area (Å²) in [4.78, 5) is 23.8. The van der Waals surface area contributed by atoms with Gasteiger partial charge in [0.05, 0.1) is 31.9 Å². The van der Waals surface area contributed by atoms with Crippen LogP contribution in [0.1, 0.15) is 84.0 Å². The number of aliphatic carboxylic acids is 1. The van der Waals surface area contributed by atoms with Gasteiger partial charge in [0.2, 0.25) is 0 Å². The lowest BCUT2D eigenvalue weighted by Gasteiger charge is -2.28. The quantitative estimate of drug-likeness (QED) is 0.0737. The molecule has 0 aliphatic heterocycles. The van der Waals surface area contributed by atoms with Crippen LogP contribution in [0.15, 0.2) is 12.2 Å². The standard InChI is InChI=1S/C25H45Cl2NO4/c1-5-6-7-8-10-13-16-20(26)21(27)17-14-11-9-12-15-18-22(29)24(25(31)32)23(30)19-28(2,3)4/h10,13,20-21,23-24,30H,5-9,11-12,14-19H2,1-4H3/p+1/b13-10-/t20-,21+,23-,24+/m1/s1. The molecule has 7 heteroatoms. The smallest absolute Gasteiger partial charge is 0.316 e. The number of allylic oxidation sites excluding steroid dienone is 2. The van der Waals surface area contributed by atoms with Crippen molar-refractivity contribution < 1.29 is 24.3 Å². The predicted molar refractivity (Wildman–Crippen MR) is 135 cm³/mol. The van der Waals surface area contributed by atoms with Crippen LogP contribution in [0.25, 0.3) is 0 Å². The lowest BCUT2D eigenvalue weighted by molar-refractivity contribution is -0.873. The van der Waals surface area contributed by atoms with Crippen molar-refractivity contribution in [3.05, 3.63) is 12.2 Å². The van der Waals surface area contributed by atoms with Gasteiger partial charge in [-0.2, -0.15) is 0 Å². The number of carboxylic acids is 1. The second kappa shape index (κ2) is 17.8. The molecule has 0 saturated carbocycles. The van der Waals surface area contributed by atoms with Crippen LogP contribution in [-0.4, -0.2) is 71.0 Å². The summed E-state index contributed by atoms with van der Waals surface area (Å²) in [6.07, 6.45) is 14.3. The van der Waals surface area contributed by atoms with Crippen molar-refractivity contribution in [3.8, 4) is 0 Å². The summed E-state index contributed by atoms with van der Waals surface area (Å²) in [5, 5.41) is 19.5. The number of ketones is 1. The summed E-state index contributed by atoms with van der Waals surface area (Å²) in [6.45, 7) is 2.42. The Balaban J connectivity index is 4.01. The lowest BCUT2D eigenvalue weighted by atomic mass is 9.93. The third-order valence-electron chi connectivity index (χ3n) is 5.53. The van der Waals surface area contributed by atoms with E-state index >= 15 is 0 Å². The predicted octanol–water partition coefficient (Wildman–Crippen LogP) is 5.80. The van der Waals surface area contributed by atoms with E-state index in [2.05, 4.69) is 19.1 Å². The van der Waals surface area contributed by atoms with Gasteiger partial charge in [0.15, 0.2) is 0 Å². The molecule has 0 aliphatic rings. The Morgan fingerprint density at radius 1 is 0.906 bits per heavy atom. The minimum atomic E-state index is -1.34. The van der Waals surface area contributed by atoms with E-state index in [-0.39, 0.29) is 29.5 Å². The Hall–Kier alpha value is -0.620. The highest BCUT2D eigenvalue weighted by Crippen LogP contribution is 2.21. The first-order valence-corrected chi connectivity index (χ1v) is 13.0. The molecule has 0 aromatic rings. The molecular formula is C25H46Cl2NO4+. The SMILES string of the molecule is CCCCC/C=C\C[C@@H](Cl)[C@@H](Cl)CCCCCCCC(=O)[C@H](C(=O)O)[C@H](O)C[N+](C)(C)C. The number of unbranched alkanes of at least 4 members (excludes halogenated alkanes) is 7. The molecular weight excluding hydrogens is 449 g/mol. The van der Waals surface area contributed by atoms with E-state index in [1.54, 1.807) is 0 Å². The van der Waals surface area contributed by atoms with Gasteiger partial charge in [0.25, 0.3) is 0 Å². The number of aliphatic hydroxyl groups is 1. The summed E-state index contributed by atoms with van der Waals surface area (Å²) in [5.74, 6) is -2.96. The molecule has 0 amide bonds. The molecule has 0 aromatic carbocycles. The van der Waals surface area contributed by atoms with Crippen LogP contribution in [0.3, 0.4) is 0 Å². The Morgan fingerprint density at radius 3 is 2.12 bits per heavy atom. The average molecular weight is 496 g/mol. The van der Waals surface area contributed by atoms with Crippen molar-refractivity contribution in [2.24, 2.45) is 5.92 Å². The van der Waals surface area contributed by atoms with Gasteiger partial charge in [-0.3, -0.25) is 9.59 Å². The first-order chi connectivity index (χ1) is 15.0. The first-order valence-electron chi connectivity index (χ1n) is 12.2. The van der Waals surface area contributed by atoms with Crippen molar-refractivity contribution >= 4 is 35.0 Å². The highest BCUT2D eigenvalue weighted by atomic mass is 35.5. The average Bonchev–Trinajstić information content (AvgIpc) is 2.67. The van der Waals surface area contributed by atoms with E-state index in [9.17, 15) is 19.8 Å². The molecule has 0 fully saturated rings. The maximum absolute atomic E-state index is 12.3. The summed E-state index contributed by atoms with van der Waals surface area (Å²) >= 11 is 12.8. The van der Waals surface area contributed by atoms with Crippen molar-refractivity contribution in [3.63, 3.8) is 0 Å². The molecule has 0 aliphatic carbocycles. The second-order valence-corrected chi connectivity index (χ2v) is 11.0. The number of quaternary nitrogens is 1. The van der Waals surface area contributed by atoms with Gasteiger partial charge in [0.1, 0.15) is 24.3 Å². The fourth-order valence-electron chi connectivity index (χ4n) is 3.69. The zero-order chi connectivity index (χ0) is 24.6. The van der Waals surface area contributed by atoms with Crippen molar-refractivity contribution in [2.75, 3.05) is 27.7 Å². The summed E-state index contributed by atoms with van der Waals surface area (Å²) < 4.78 is 0.401. The van der Waals surface area contributed by atoms with Crippen molar-refractivity contribution in [2.45, 2.75) is 101 Å². The molecule has 0 bridgehead atoms. The Kier molecular flexibility index (Phi) is 17.5. The minimum absolute atomic E-state index is 0.0439. The zero-order valence-electron chi connectivity index (χ0n) is 20.6. The van der Waals surface area contributed by atoms with Crippen LogP contribution >= 0.6 is 23.2 Å². The van der Waals surface area contributed by atoms with Crippen LogP contribution in [0.5, 0.6) is 0 Å². The number of halogens is 2. The van der Waals surface area contributed by atoms with E-state index < -0.39 is 18.0 Å². The Bertz CT molecular complexity index is 549. The largest absolute Gasteiger partial charge is 0.481 e. The number of carbonyl (C=O) groups excluding carboxylic acids is 1. The molecule has 0 rings (SSSR count). The first kappa shape index (κ1) is 31.4. The van der Waals surface area contributed by atoms with Crippen molar-refractivity contribution in [1.29, 1.82) is 0 Å². The van der Waals surface area contributed by atoms with E-state index in [1.165, 1.54) is 19.3 Å². The molecule has 0 heterocycles. The maximum Gasteiger partial charge on any atom is 0.316 e. The molecule has 5 nitrogen and oxygen atoms in total. The number of carboxylic acid groups (broad SMARTS) is 1. The number of aliphatic hydroxyl groups excluding tert-OH is 1. The number of Topliss-reactive ketones (excluding diaryl/α,β-unsaturated/α-hetero) is 1. The van der Waals surface area contributed by atoms with Crippen molar-refractivity contribution in [1.82, 2.24) is 0 Å². The summed E-state index contributed by atoms with van der Waals surface area (Å²) in [7, 11) is 5.57. The van der Waals surface area contributed by atoms with E-state index in [1.807, 2.05) is 21.1 Å². The number of hydrogen-bond donors (Lipinski definition) is 2. The molecule has 0 radical (unpaired) electrons. The summed E-state index contributed by atoms with van der Waals surface area (Å²) in [5.41, 5.74) is 0. The number of hydrogen-bond acceptors (Lipinski definition) is 3. The topological polar surface area (TPSA) is 74.6 Å². The van der Waals surface area contributed by atoms with Gasteiger partial charge in [-0.05, 0) is 32.1 Å². The molecule has 0 saturated heterocycles. The van der Waals surface area contributed by atoms with Gasteiger partial charge in [-0.25, -0.2) is 0 Å². The molecule has 0 spiro atoms. The highest BCUT2D eigenvalue weighted by molar-refractivity contribution is 6.30. The third kappa shape index (κ3) is 16.1. The Labute approximate surface area is 205 Å². The van der Waals surface area contributed by atoms with Crippen LogP contribution in [-0.2, 0) is 9.59 Å². The minimum Gasteiger partial charge on any atom is -0.481 e. The van der Waals surface area contributed by atoms with Gasteiger partial charge >= 0.3 is 5.97 Å². The molecule has 0 unspecified atom stereocenters. The van der Waals surface area contributed by atoms with Crippen LogP contribution in [0.4, 0.5) is 0 Å². The number of rotatable bonds is 20. The summed E-state index contributed by atoms with van der Waals surface area (Å²) in [6, 6.07) is 0. The van der Waals surface area contributed by atoms with Gasteiger partial charge in [0, 0.05) is 6.42 Å². The highest BCUT2D eigenvalue weighted by Gasteiger charge is 2.36. The lowest BCUT2D eigenvalue weighted by Crippen LogP contribution is -2.47. The van der Waals surface area contributed by atoms with Gasteiger partial charge in [-0.1, -0.05) is 57.6 Å². The molecule has 4 atom stereocenters. The molecule has 2 N–H and O–H groups in total. The zero-order valence-corrected chi connectivity index (χ0v) is 22.1. The van der Waals surface area contributed by atoms with E-state index in [4.69, 9.17) is 23.2 Å². The van der Waals surface area contributed by atoms with Gasteiger partial charge < -0.3 is 14.7 Å². The third-order valence-corrected chi connectivity index (χ3v) is 6.66. The number of alkyl halides is 2. The molecule has 0 aromatic heterocycles. The number of likely N-dealkylation sites (N-methyl/N-ethyl adjacent to an activating group) is 1. The van der Waals surface area contributed by atoms with Crippen LogP contribution in [0, 0.1) is 5.92 Å². The fourth-order valence-corrected chi connectivity index (χ4v) is 4.18. The Morgan fingerprint density at radius 2 is 1.53 bits per heavy atom. The van der Waals surface area contributed by atoms with Crippen LogP contribution < -0.4 is 0 Å². The van der Waals surface area contributed by atoms with Gasteiger partial charge in [-0.15, -0.1) is 23.2 Å². The monoisotopic (exact) mass is 494 g/mol. The number of nitrogens with zero attached hydrogens (tertiary/aromatic N) is 1.